The number of hydrogen-bond acceptors (Lipinski definition) is 3. The first-order valence-corrected chi connectivity index (χ1v) is 5.63. The molecule has 0 aliphatic heterocycles. The third kappa shape index (κ3) is 3.45. The Balaban J connectivity index is 2.96. The van der Waals surface area contributed by atoms with Gasteiger partial charge < -0.3 is 14.9 Å². The third-order valence-electron chi connectivity index (χ3n) is 1.85. The lowest BCUT2D eigenvalue weighted by atomic mass is 10.1. The predicted molar refractivity (Wildman–Crippen MR) is 62.6 cm³/mol. The molecule has 0 aromatic heterocycles. The summed E-state index contributed by atoms with van der Waals surface area (Å²) in [5.74, 6) is -1.11. The first-order valence-electron chi connectivity index (χ1n) is 4.46. The molecular weight excluding hydrogens is 299 g/mol. The molecule has 0 aliphatic rings. The molecule has 1 aromatic carbocycles. The van der Waals surface area contributed by atoms with Crippen molar-refractivity contribution in [3.63, 3.8) is 0 Å². The van der Waals surface area contributed by atoms with E-state index < -0.39 is 12.1 Å². The minimum Gasteiger partial charge on any atom is -0.479 e. The number of aliphatic hydroxyl groups excluding tert-OH is 1. The molecule has 0 bridgehead atoms. The number of ether oxygens (including phenoxy) is 1. The molecule has 2 N–H and O–H groups in total. The monoisotopic (exact) mass is 308 g/mol. The van der Waals surface area contributed by atoms with Gasteiger partial charge in [-0.15, -0.1) is 0 Å². The van der Waals surface area contributed by atoms with E-state index in [-0.39, 0.29) is 13.2 Å². The molecule has 1 rings (SSSR count). The Labute approximate surface area is 106 Å². The highest BCUT2D eigenvalue weighted by atomic mass is 79.9. The number of hydrogen-bond donors (Lipinski definition) is 2. The van der Waals surface area contributed by atoms with Crippen LogP contribution in [0.1, 0.15) is 11.7 Å². The van der Waals surface area contributed by atoms with Crippen LogP contribution in [0.2, 0.25) is 5.02 Å². The summed E-state index contributed by atoms with van der Waals surface area (Å²) >= 11 is 8.96. The van der Waals surface area contributed by atoms with Crippen LogP contribution in [0, 0.1) is 0 Å². The van der Waals surface area contributed by atoms with Gasteiger partial charge in [0.1, 0.15) is 0 Å². The first-order chi connectivity index (χ1) is 7.56. The van der Waals surface area contributed by atoms with Gasteiger partial charge in [0.25, 0.3) is 0 Å². The minimum absolute atomic E-state index is 0.0357. The van der Waals surface area contributed by atoms with Crippen LogP contribution in [0.3, 0.4) is 0 Å². The summed E-state index contributed by atoms with van der Waals surface area (Å²) in [6.07, 6.45) is -1.11. The number of aliphatic hydroxyl groups is 1. The normalized spacial score (nSPS) is 12.4. The van der Waals surface area contributed by atoms with E-state index >= 15 is 0 Å². The Bertz CT molecular complexity index is 383. The topological polar surface area (TPSA) is 66.8 Å². The summed E-state index contributed by atoms with van der Waals surface area (Å²) < 4.78 is 5.60. The molecule has 6 heteroatoms. The number of halogens is 2. The van der Waals surface area contributed by atoms with E-state index in [1.807, 2.05) is 0 Å². The van der Waals surface area contributed by atoms with Crippen LogP contribution in [0.25, 0.3) is 0 Å². The molecule has 1 unspecified atom stereocenters. The summed E-state index contributed by atoms with van der Waals surface area (Å²) in [6, 6.07) is 4.75. The van der Waals surface area contributed by atoms with Gasteiger partial charge in [0, 0.05) is 15.1 Å². The van der Waals surface area contributed by atoms with Gasteiger partial charge >= 0.3 is 5.97 Å². The van der Waals surface area contributed by atoms with Crippen LogP contribution in [-0.2, 0) is 9.53 Å². The Kier molecular flexibility index (Phi) is 5.21. The summed E-state index contributed by atoms with van der Waals surface area (Å²) in [5, 5.41) is 18.1. The molecule has 0 aliphatic carbocycles. The first kappa shape index (κ1) is 13.4. The second-order valence-electron chi connectivity index (χ2n) is 2.98. The van der Waals surface area contributed by atoms with Crippen molar-refractivity contribution in [1.82, 2.24) is 0 Å². The lowest BCUT2D eigenvalue weighted by Crippen LogP contribution is -2.17. The number of aliphatic carboxylic acids is 1. The zero-order valence-electron chi connectivity index (χ0n) is 8.19. The number of carboxylic acid groups (broad SMARTS) is 1. The maximum Gasteiger partial charge on any atom is 0.337 e. The molecule has 0 heterocycles. The highest BCUT2D eigenvalue weighted by molar-refractivity contribution is 9.10. The highest BCUT2D eigenvalue weighted by Crippen LogP contribution is 2.28. The van der Waals surface area contributed by atoms with Gasteiger partial charge in [0.05, 0.1) is 13.2 Å². The van der Waals surface area contributed by atoms with Crippen LogP contribution >= 0.6 is 27.5 Å². The summed E-state index contributed by atoms with van der Waals surface area (Å²) in [7, 11) is 0. The van der Waals surface area contributed by atoms with Crippen molar-refractivity contribution in [3.8, 4) is 0 Å². The molecule has 0 fully saturated rings. The Morgan fingerprint density at radius 3 is 2.75 bits per heavy atom. The van der Waals surface area contributed by atoms with E-state index in [9.17, 15) is 4.79 Å². The zero-order chi connectivity index (χ0) is 12.1. The molecule has 0 spiro atoms. The SMILES string of the molecule is O=C(O)C(OCCO)c1ccc(Cl)cc1Br. The fraction of sp³-hybridized carbons (Fsp3) is 0.300. The van der Waals surface area contributed by atoms with E-state index in [0.717, 1.165) is 0 Å². The molecule has 88 valence electrons. The number of carboxylic acids is 1. The fourth-order valence-corrected chi connectivity index (χ4v) is 2.07. The Morgan fingerprint density at radius 1 is 1.56 bits per heavy atom. The average molecular weight is 310 g/mol. The maximum atomic E-state index is 11.0. The fourth-order valence-electron chi connectivity index (χ4n) is 1.18. The second kappa shape index (κ2) is 6.20. The molecule has 0 radical (unpaired) electrons. The highest BCUT2D eigenvalue weighted by Gasteiger charge is 2.22. The Morgan fingerprint density at radius 2 is 2.25 bits per heavy atom. The molecule has 4 nitrogen and oxygen atoms in total. The largest absolute Gasteiger partial charge is 0.479 e. The van der Waals surface area contributed by atoms with Crippen molar-refractivity contribution in [2.75, 3.05) is 13.2 Å². The van der Waals surface area contributed by atoms with Gasteiger partial charge in [-0.3, -0.25) is 0 Å². The van der Waals surface area contributed by atoms with E-state index in [1.165, 1.54) is 0 Å². The third-order valence-corrected chi connectivity index (χ3v) is 2.77. The van der Waals surface area contributed by atoms with E-state index in [1.54, 1.807) is 18.2 Å². The number of benzene rings is 1. The molecular formula is C10H10BrClO4. The average Bonchev–Trinajstić information content (AvgIpc) is 2.20. The van der Waals surface area contributed by atoms with Crippen LogP contribution < -0.4 is 0 Å². The van der Waals surface area contributed by atoms with Gasteiger partial charge in [0.15, 0.2) is 6.10 Å². The molecule has 0 saturated heterocycles. The molecule has 1 atom stereocenters. The molecule has 16 heavy (non-hydrogen) atoms. The van der Waals surface area contributed by atoms with E-state index in [0.29, 0.717) is 15.1 Å². The summed E-state index contributed by atoms with van der Waals surface area (Å²) in [5.41, 5.74) is 0.463. The van der Waals surface area contributed by atoms with Gasteiger partial charge in [0.2, 0.25) is 0 Å². The summed E-state index contributed by atoms with van der Waals surface area (Å²) in [4.78, 5) is 11.0. The lowest BCUT2D eigenvalue weighted by molar-refractivity contribution is -0.151. The van der Waals surface area contributed by atoms with Crippen LogP contribution in [-0.4, -0.2) is 29.4 Å². The zero-order valence-corrected chi connectivity index (χ0v) is 10.5. The van der Waals surface area contributed by atoms with Crippen molar-refractivity contribution in [3.05, 3.63) is 33.3 Å². The van der Waals surface area contributed by atoms with Crippen molar-refractivity contribution < 1.29 is 19.7 Å². The van der Waals surface area contributed by atoms with E-state index in [4.69, 9.17) is 26.6 Å². The maximum absolute atomic E-state index is 11.0. The second-order valence-corrected chi connectivity index (χ2v) is 4.27. The van der Waals surface area contributed by atoms with Gasteiger partial charge in [-0.05, 0) is 12.1 Å². The predicted octanol–water partition coefficient (Wildman–Crippen LogP) is 2.24. The van der Waals surface area contributed by atoms with Gasteiger partial charge in [-0.2, -0.15) is 0 Å². The summed E-state index contributed by atoms with van der Waals surface area (Å²) in [6.45, 7) is -0.263. The molecule has 1 aromatic rings. The lowest BCUT2D eigenvalue weighted by Gasteiger charge is -2.14. The minimum atomic E-state index is -1.11. The Hall–Kier alpha value is -0.620. The number of rotatable bonds is 5. The van der Waals surface area contributed by atoms with Crippen LogP contribution in [0.5, 0.6) is 0 Å². The molecule has 0 amide bonds. The van der Waals surface area contributed by atoms with Crippen molar-refractivity contribution in [1.29, 1.82) is 0 Å². The van der Waals surface area contributed by atoms with Crippen molar-refractivity contribution in [2.24, 2.45) is 0 Å². The van der Waals surface area contributed by atoms with Crippen LogP contribution in [0.4, 0.5) is 0 Å². The smallest absolute Gasteiger partial charge is 0.337 e. The molecule has 0 saturated carbocycles. The standard InChI is InChI=1S/C10H10BrClO4/c11-8-5-6(12)1-2-7(8)9(10(14)15)16-4-3-13/h1-2,5,9,13H,3-4H2,(H,14,15). The van der Waals surface area contributed by atoms with Crippen LogP contribution in [0.15, 0.2) is 22.7 Å². The number of carbonyl (C=O) groups is 1. The van der Waals surface area contributed by atoms with Crippen molar-refractivity contribution in [2.45, 2.75) is 6.10 Å². The van der Waals surface area contributed by atoms with Gasteiger partial charge in [-0.25, -0.2) is 4.79 Å². The quantitative estimate of drug-likeness (QED) is 0.875. The van der Waals surface area contributed by atoms with Gasteiger partial charge in [-0.1, -0.05) is 33.6 Å². The van der Waals surface area contributed by atoms with E-state index in [2.05, 4.69) is 15.9 Å². The van der Waals surface area contributed by atoms with Crippen molar-refractivity contribution >= 4 is 33.5 Å².